The average molecular weight is 681 g/mol. The van der Waals surface area contributed by atoms with Crippen LogP contribution in [-0.2, 0) is 9.53 Å². The summed E-state index contributed by atoms with van der Waals surface area (Å²) in [6.07, 6.45) is 29.3. The first-order valence-electron chi connectivity index (χ1n) is 21.8. The molecule has 0 spiro atoms. The topological polar surface area (TPSA) is 46.5 Å². The minimum Gasteiger partial charge on any atom is -0.462 e. The van der Waals surface area contributed by atoms with Crippen molar-refractivity contribution in [1.82, 2.24) is 0 Å². The second-order valence-electron chi connectivity index (χ2n) is 20.3. The molecule has 0 aromatic rings. The largest absolute Gasteiger partial charge is 0.462 e. The van der Waals surface area contributed by atoms with E-state index in [2.05, 4.69) is 68.4 Å². The summed E-state index contributed by atoms with van der Waals surface area (Å²) in [6, 6.07) is 0. The number of esters is 1. The van der Waals surface area contributed by atoms with Gasteiger partial charge in [-0.05, 0) is 103 Å². The number of aliphatic hydroxyl groups excluding tert-OH is 1. The third-order valence-electron chi connectivity index (χ3n) is 17.0. The molecule has 0 aromatic heterocycles. The van der Waals surface area contributed by atoms with Crippen molar-refractivity contribution in [2.45, 2.75) is 216 Å². The molecule has 11 atom stereocenters. The van der Waals surface area contributed by atoms with Gasteiger partial charge in [0.2, 0.25) is 0 Å². The number of hydrogen-bond acceptors (Lipinski definition) is 3. The van der Waals surface area contributed by atoms with Crippen LogP contribution in [0.4, 0.5) is 0 Å². The van der Waals surface area contributed by atoms with Gasteiger partial charge < -0.3 is 9.84 Å². The van der Waals surface area contributed by atoms with Crippen LogP contribution in [0.15, 0.2) is 11.6 Å². The molecule has 3 heteroatoms. The summed E-state index contributed by atoms with van der Waals surface area (Å²) in [5.74, 6) is 2.72. The zero-order valence-electron chi connectivity index (χ0n) is 33.9. The number of carbonyl (C=O) groups is 1. The highest BCUT2D eigenvalue weighted by Gasteiger charge is 2.70. The van der Waals surface area contributed by atoms with Crippen molar-refractivity contribution >= 4 is 5.97 Å². The quantitative estimate of drug-likeness (QED) is 0.106. The number of unbranched alkanes of at least 4 members (excludes halogenated alkanes) is 12. The van der Waals surface area contributed by atoms with Crippen molar-refractivity contribution in [1.29, 1.82) is 0 Å². The van der Waals surface area contributed by atoms with Crippen molar-refractivity contribution in [3.63, 3.8) is 0 Å². The van der Waals surface area contributed by atoms with Crippen LogP contribution in [0.5, 0.6) is 0 Å². The molecule has 0 amide bonds. The number of ether oxygens (including phenoxy) is 1. The van der Waals surface area contributed by atoms with Crippen molar-refractivity contribution in [2.24, 2.45) is 56.7 Å². The fourth-order valence-electron chi connectivity index (χ4n) is 13.6. The molecule has 5 rings (SSSR count). The van der Waals surface area contributed by atoms with Crippen LogP contribution in [0.2, 0.25) is 0 Å². The van der Waals surface area contributed by atoms with Gasteiger partial charge in [0, 0.05) is 17.8 Å². The van der Waals surface area contributed by atoms with Crippen LogP contribution < -0.4 is 0 Å². The number of allylic oxidation sites excluding steroid dienone is 1. The summed E-state index contributed by atoms with van der Waals surface area (Å²) < 4.78 is 6.38. The first-order chi connectivity index (χ1) is 23.2. The molecule has 3 nitrogen and oxygen atoms in total. The first kappa shape index (κ1) is 39.4. The number of fused-ring (bicyclic) bond motifs is 7. The Hall–Kier alpha value is -0.830. The van der Waals surface area contributed by atoms with Crippen molar-refractivity contribution < 1.29 is 14.6 Å². The van der Waals surface area contributed by atoms with Crippen LogP contribution in [-0.4, -0.2) is 23.3 Å². The highest BCUT2D eigenvalue weighted by atomic mass is 16.5. The van der Waals surface area contributed by atoms with E-state index >= 15 is 0 Å². The lowest BCUT2D eigenvalue weighted by Gasteiger charge is -2.72. The molecule has 0 aliphatic heterocycles. The van der Waals surface area contributed by atoms with Gasteiger partial charge in [-0.2, -0.15) is 0 Å². The van der Waals surface area contributed by atoms with Gasteiger partial charge in [0.25, 0.3) is 0 Å². The Kier molecular flexibility index (Phi) is 12.6. The van der Waals surface area contributed by atoms with E-state index in [1.54, 1.807) is 5.57 Å². The van der Waals surface area contributed by atoms with E-state index in [0.29, 0.717) is 29.6 Å². The number of rotatable bonds is 15. The molecule has 4 saturated carbocycles. The van der Waals surface area contributed by atoms with Crippen LogP contribution >= 0.6 is 0 Å². The lowest BCUT2D eigenvalue weighted by molar-refractivity contribution is -0.230. The van der Waals surface area contributed by atoms with Gasteiger partial charge >= 0.3 is 5.97 Å². The van der Waals surface area contributed by atoms with E-state index in [1.165, 1.54) is 109 Å². The third-order valence-corrected chi connectivity index (χ3v) is 17.0. The van der Waals surface area contributed by atoms with Gasteiger partial charge in [-0.25, -0.2) is 0 Å². The molecular formula is C46H80O3. The van der Waals surface area contributed by atoms with Gasteiger partial charge in [-0.1, -0.05) is 151 Å². The van der Waals surface area contributed by atoms with Crippen molar-refractivity contribution in [3.05, 3.63) is 11.6 Å². The Morgan fingerprint density at radius 1 is 0.755 bits per heavy atom. The molecule has 4 fully saturated rings. The SMILES string of the molecule is CCCCCCCCCCCCCCCC(=O)O[C@H]1CC[C@@]2(C)[C@H](CC[C@]3(C)[C@@H]2[C@H](O)C=C2[C@@H]4[C@@H](C)[C@H](C)CC[C@]4(C)CC[C@]23C)C1(C)C. The maximum Gasteiger partial charge on any atom is 0.306 e. The van der Waals surface area contributed by atoms with E-state index < -0.39 is 6.10 Å². The molecule has 0 radical (unpaired) electrons. The van der Waals surface area contributed by atoms with Crippen LogP contribution in [0.25, 0.3) is 0 Å². The Morgan fingerprint density at radius 3 is 1.96 bits per heavy atom. The van der Waals surface area contributed by atoms with Crippen molar-refractivity contribution in [2.75, 3.05) is 0 Å². The number of carbonyl (C=O) groups excluding carboxylic acids is 1. The van der Waals surface area contributed by atoms with Gasteiger partial charge in [-0.3, -0.25) is 4.79 Å². The Bertz CT molecular complexity index is 1140. The minimum atomic E-state index is -0.391. The predicted molar refractivity (Wildman–Crippen MR) is 206 cm³/mol. The molecule has 0 saturated heterocycles. The summed E-state index contributed by atoms with van der Waals surface area (Å²) in [5.41, 5.74) is 2.16. The summed E-state index contributed by atoms with van der Waals surface area (Å²) >= 11 is 0. The van der Waals surface area contributed by atoms with Crippen LogP contribution in [0.3, 0.4) is 0 Å². The second-order valence-corrected chi connectivity index (χ2v) is 20.3. The van der Waals surface area contributed by atoms with Crippen molar-refractivity contribution in [3.8, 4) is 0 Å². The van der Waals surface area contributed by atoms with Crippen LogP contribution in [0.1, 0.15) is 204 Å². The lowest BCUT2D eigenvalue weighted by Crippen LogP contribution is -2.67. The normalized spacial score (nSPS) is 42.7. The summed E-state index contributed by atoms with van der Waals surface area (Å²) in [4.78, 5) is 13.2. The maximum atomic E-state index is 13.2. The van der Waals surface area contributed by atoms with E-state index in [-0.39, 0.29) is 39.7 Å². The van der Waals surface area contributed by atoms with Gasteiger partial charge in [0.1, 0.15) is 6.10 Å². The Morgan fingerprint density at radius 2 is 1.35 bits per heavy atom. The van der Waals surface area contributed by atoms with E-state index in [9.17, 15) is 9.90 Å². The summed E-state index contributed by atoms with van der Waals surface area (Å²) in [6.45, 7) is 22.3. The molecule has 0 bridgehead atoms. The molecular weight excluding hydrogens is 601 g/mol. The molecule has 0 aromatic carbocycles. The van der Waals surface area contributed by atoms with Gasteiger partial charge in [-0.15, -0.1) is 0 Å². The summed E-state index contributed by atoms with van der Waals surface area (Å²) in [5, 5.41) is 12.3. The fraction of sp³-hybridized carbons (Fsp3) is 0.935. The second kappa shape index (κ2) is 15.6. The van der Waals surface area contributed by atoms with E-state index in [0.717, 1.165) is 31.6 Å². The smallest absolute Gasteiger partial charge is 0.306 e. The molecule has 49 heavy (non-hydrogen) atoms. The Balaban J connectivity index is 1.15. The standard InChI is InChI=1S/C46H80O3/c1-10-11-12-13-14-15-16-17-18-19-20-21-22-23-39(48)49-38-26-28-44(7)37(42(38,4)5)25-29-46(9)41(44)36(47)32-35-40-34(3)33(2)24-27-43(40,6)30-31-45(35,46)8/h32-34,36-38,40-41,47H,10-31H2,1-9H3/t33-,34+,36-,37-,38+,40+,41-,43-,44+,45-,46-/m1/s1. The Labute approximate surface area is 304 Å². The van der Waals surface area contributed by atoms with Gasteiger partial charge in [0.05, 0.1) is 6.10 Å². The fourth-order valence-corrected chi connectivity index (χ4v) is 13.6. The molecule has 0 heterocycles. The molecule has 5 aliphatic carbocycles. The molecule has 282 valence electrons. The number of aliphatic hydroxyl groups is 1. The van der Waals surface area contributed by atoms with E-state index in [4.69, 9.17) is 4.74 Å². The first-order valence-corrected chi connectivity index (χ1v) is 21.8. The molecule has 5 aliphatic rings. The van der Waals surface area contributed by atoms with Crippen LogP contribution in [0, 0.1) is 56.7 Å². The van der Waals surface area contributed by atoms with Gasteiger partial charge in [0.15, 0.2) is 0 Å². The summed E-state index contributed by atoms with van der Waals surface area (Å²) in [7, 11) is 0. The minimum absolute atomic E-state index is 0.0178. The maximum absolute atomic E-state index is 13.2. The molecule has 0 unspecified atom stereocenters. The highest BCUT2D eigenvalue weighted by Crippen LogP contribution is 2.75. The predicted octanol–water partition coefficient (Wildman–Crippen LogP) is 13.0. The zero-order chi connectivity index (χ0) is 35.7. The monoisotopic (exact) mass is 681 g/mol. The van der Waals surface area contributed by atoms with E-state index in [1.807, 2.05) is 0 Å². The highest BCUT2D eigenvalue weighted by molar-refractivity contribution is 5.69. The zero-order valence-corrected chi connectivity index (χ0v) is 33.9. The average Bonchev–Trinajstić information content (AvgIpc) is 3.04. The number of hydrogen-bond donors (Lipinski definition) is 1. The molecule has 1 N–H and O–H groups in total. The lowest BCUT2D eigenvalue weighted by atomic mass is 9.33. The third kappa shape index (κ3) is 7.38.